The predicted octanol–water partition coefficient (Wildman–Crippen LogP) is 3.28. The van der Waals surface area contributed by atoms with Gasteiger partial charge in [0, 0.05) is 35.2 Å². The largest absolute Gasteiger partial charge is 0.504 e. The molecule has 0 bridgehead atoms. The number of aryl methyl sites for hydroxylation is 1. The van der Waals surface area contributed by atoms with Crippen molar-refractivity contribution < 1.29 is 28.9 Å². The molecule has 0 saturated carbocycles. The predicted molar refractivity (Wildman–Crippen MR) is 90.9 cm³/mol. The number of aromatic hydroxyl groups is 1. The fourth-order valence-corrected chi connectivity index (χ4v) is 3.44. The summed E-state index contributed by atoms with van der Waals surface area (Å²) in [6.07, 6.45) is 0.0809. The second kappa shape index (κ2) is 7.63. The van der Waals surface area contributed by atoms with E-state index < -0.39 is 11.9 Å². The summed E-state index contributed by atoms with van der Waals surface area (Å²) in [4.78, 5) is 24.4. The summed E-state index contributed by atoms with van der Waals surface area (Å²) in [7, 11) is 2.79. The van der Waals surface area contributed by atoms with Crippen molar-refractivity contribution in [2.75, 3.05) is 21.0 Å². The molecule has 1 N–H and O–H groups in total. The van der Waals surface area contributed by atoms with E-state index in [1.165, 1.54) is 25.6 Å². The third kappa shape index (κ3) is 3.68. The zero-order chi connectivity index (χ0) is 17.9. The topological polar surface area (TPSA) is 82.1 Å². The van der Waals surface area contributed by atoms with Crippen LogP contribution in [0.5, 0.6) is 11.5 Å². The van der Waals surface area contributed by atoms with Crippen LogP contribution in [-0.4, -0.2) is 37.9 Å². The molecule has 0 aliphatic carbocycles. The first-order valence-electron chi connectivity index (χ1n) is 7.37. The number of phenolic OH excluding ortho intramolecular Hbond substituents is 1. The Bertz CT molecular complexity index is 764. The maximum atomic E-state index is 12.4. The van der Waals surface area contributed by atoms with Crippen LogP contribution in [0.15, 0.2) is 12.1 Å². The molecule has 2 rings (SSSR count). The van der Waals surface area contributed by atoms with Crippen LogP contribution in [0.1, 0.15) is 28.6 Å². The lowest BCUT2D eigenvalue weighted by atomic mass is 10.0. The van der Waals surface area contributed by atoms with Crippen molar-refractivity contribution in [3.8, 4) is 11.5 Å². The minimum Gasteiger partial charge on any atom is -0.504 e. The van der Waals surface area contributed by atoms with Crippen molar-refractivity contribution in [2.24, 2.45) is 5.92 Å². The highest BCUT2D eigenvalue weighted by Crippen LogP contribution is 2.40. The maximum Gasteiger partial charge on any atom is 0.308 e. The second-order valence-electron chi connectivity index (χ2n) is 5.47. The Kier molecular flexibility index (Phi) is 5.80. The van der Waals surface area contributed by atoms with Crippen LogP contribution in [0.2, 0.25) is 0 Å². The van der Waals surface area contributed by atoms with Crippen LogP contribution in [0.4, 0.5) is 0 Å². The molecule has 7 heteroatoms. The van der Waals surface area contributed by atoms with Gasteiger partial charge in [-0.15, -0.1) is 11.3 Å². The lowest BCUT2D eigenvalue weighted by molar-refractivity contribution is -0.144. The van der Waals surface area contributed by atoms with E-state index in [2.05, 4.69) is 4.74 Å². The van der Waals surface area contributed by atoms with E-state index in [0.29, 0.717) is 16.2 Å². The Morgan fingerprint density at radius 2 is 2.00 bits per heavy atom. The lowest BCUT2D eigenvalue weighted by Gasteiger charge is -2.09. The molecular formula is C17H20O6S. The molecule has 0 spiro atoms. The molecule has 1 unspecified atom stereocenters. The number of ketones is 1. The summed E-state index contributed by atoms with van der Waals surface area (Å²) >= 11 is 1.30. The van der Waals surface area contributed by atoms with E-state index in [0.717, 1.165) is 10.1 Å². The number of hydrogen-bond acceptors (Lipinski definition) is 7. The molecule has 0 aliphatic rings. The summed E-state index contributed by atoms with van der Waals surface area (Å²) in [6, 6.07) is 3.42. The molecule has 1 heterocycles. The maximum absolute atomic E-state index is 12.4. The van der Waals surface area contributed by atoms with Crippen molar-refractivity contribution in [1.82, 2.24) is 0 Å². The number of esters is 1. The highest BCUT2D eigenvalue weighted by Gasteiger charge is 2.21. The molecule has 1 aromatic carbocycles. The van der Waals surface area contributed by atoms with E-state index in [1.54, 1.807) is 26.0 Å². The van der Waals surface area contributed by atoms with Gasteiger partial charge in [-0.3, -0.25) is 9.59 Å². The Morgan fingerprint density at radius 1 is 1.29 bits per heavy atom. The minimum absolute atomic E-state index is 0.0202. The van der Waals surface area contributed by atoms with Crippen LogP contribution in [0, 0.1) is 12.8 Å². The standard InChI is InChI=1S/C17H20O6S/c1-9(17(20)22-4)5-12(18)15-6-11-10(2)16(19)13(23-8-21-3)7-14(11)24-15/h6-7,9,19H,5,8H2,1-4H3. The summed E-state index contributed by atoms with van der Waals surface area (Å²) in [5.74, 6) is -0.700. The lowest BCUT2D eigenvalue weighted by Crippen LogP contribution is -2.16. The van der Waals surface area contributed by atoms with Crippen LogP contribution >= 0.6 is 11.3 Å². The number of ether oxygens (including phenoxy) is 3. The number of phenols is 1. The van der Waals surface area contributed by atoms with E-state index in [4.69, 9.17) is 9.47 Å². The van der Waals surface area contributed by atoms with Crippen molar-refractivity contribution in [3.63, 3.8) is 0 Å². The second-order valence-corrected chi connectivity index (χ2v) is 6.56. The zero-order valence-corrected chi connectivity index (χ0v) is 14.9. The monoisotopic (exact) mass is 352 g/mol. The summed E-state index contributed by atoms with van der Waals surface area (Å²) in [6.45, 7) is 3.44. The Morgan fingerprint density at radius 3 is 2.62 bits per heavy atom. The Labute approximate surface area is 143 Å². The van der Waals surface area contributed by atoms with Crippen LogP contribution in [-0.2, 0) is 14.3 Å². The van der Waals surface area contributed by atoms with Gasteiger partial charge in [0.05, 0.1) is 17.9 Å². The summed E-state index contributed by atoms with van der Waals surface area (Å²) in [5.41, 5.74) is 0.634. The molecule has 2 aromatic rings. The van der Waals surface area contributed by atoms with E-state index in [-0.39, 0.29) is 24.7 Å². The van der Waals surface area contributed by atoms with Gasteiger partial charge in [0.15, 0.2) is 24.1 Å². The van der Waals surface area contributed by atoms with Gasteiger partial charge in [0.25, 0.3) is 0 Å². The average molecular weight is 352 g/mol. The fraction of sp³-hybridized carbons (Fsp3) is 0.412. The summed E-state index contributed by atoms with van der Waals surface area (Å²) in [5, 5.41) is 11.0. The normalized spacial score (nSPS) is 12.2. The molecule has 0 saturated heterocycles. The Hall–Kier alpha value is -2.12. The molecule has 0 fully saturated rings. The average Bonchev–Trinajstić information content (AvgIpc) is 3.00. The molecule has 1 atom stereocenters. The zero-order valence-electron chi connectivity index (χ0n) is 14.0. The number of methoxy groups -OCH3 is 2. The van der Waals surface area contributed by atoms with Gasteiger partial charge in [0.2, 0.25) is 0 Å². The first-order valence-corrected chi connectivity index (χ1v) is 8.19. The minimum atomic E-state index is -0.497. The van der Waals surface area contributed by atoms with Gasteiger partial charge in [-0.2, -0.15) is 0 Å². The number of rotatable bonds is 7. The van der Waals surface area contributed by atoms with Crippen molar-refractivity contribution in [2.45, 2.75) is 20.3 Å². The van der Waals surface area contributed by atoms with E-state index in [9.17, 15) is 14.7 Å². The molecule has 24 heavy (non-hydrogen) atoms. The third-order valence-corrected chi connectivity index (χ3v) is 4.84. The molecule has 0 amide bonds. The SMILES string of the molecule is COCOc1cc2sc(C(=O)CC(C)C(=O)OC)cc2c(C)c1O. The number of Topliss-reactive ketones (excluding diaryl/α,β-unsaturated/α-hetero) is 1. The van der Waals surface area contributed by atoms with Crippen LogP contribution < -0.4 is 4.74 Å². The first kappa shape index (κ1) is 18.2. The number of hydrogen-bond donors (Lipinski definition) is 1. The van der Waals surface area contributed by atoms with E-state index >= 15 is 0 Å². The fourth-order valence-electron chi connectivity index (χ4n) is 2.34. The van der Waals surface area contributed by atoms with Crippen molar-refractivity contribution in [3.05, 3.63) is 22.6 Å². The number of fused-ring (bicyclic) bond motifs is 1. The molecule has 0 radical (unpaired) electrons. The van der Waals surface area contributed by atoms with Gasteiger partial charge in [-0.1, -0.05) is 6.92 Å². The number of thiophene rings is 1. The third-order valence-electron chi connectivity index (χ3n) is 3.72. The van der Waals surface area contributed by atoms with Gasteiger partial charge in [-0.25, -0.2) is 0 Å². The van der Waals surface area contributed by atoms with Crippen molar-refractivity contribution >= 4 is 33.2 Å². The molecule has 1 aromatic heterocycles. The smallest absolute Gasteiger partial charge is 0.308 e. The number of benzene rings is 1. The van der Waals surface area contributed by atoms with Gasteiger partial charge in [0.1, 0.15) is 0 Å². The van der Waals surface area contributed by atoms with E-state index in [1.807, 2.05) is 0 Å². The Balaban J connectivity index is 2.32. The first-order chi connectivity index (χ1) is 11.4. The van der Waals surface area contributed by atoms with Gasteiger partial charge in [-0.05, 0) is 13.0 Å². The van der Waals surface area contributed by atoms with Crippen molar-refractivity contribution in [1.29, 1.82) is 0 Å². The molecule has 0 aliphatic heterocycles. The highest BCUT2D eigenvalue weighted by atomic mass is 32.1. The number of carbonyl (C=O) groups is 2. The molecular weight excluding hydrogens is 332 g/mol. The highest BCUT2D eigenvalue weighted by molar-refractivity contribution is 7.20. The molecule has 130 valence electrons. The van der Waals surface area contributed by atoms with Crippen LogP contribution in [0.3, 0.4) is 0 Å². The van der Waals surface area contributed by atoms with Gasteiger partial charge < -0.3 is 19.3 Å². The van der Waals surface area contributed by atoms with Crippen LogP contribution in [0.25, 0.3) is 10.1 Å². The molecule has 6 nitrogen and oxygen atoms in total. The number of carbonyl (C=O) groups excluding carboxylic acids is 2. The quantitative estimate of drug-likeness (QED) is 0.468. The van der Waals surface area contributed by atoms with Gasteiger partial charge >= 0.3 is 5.97 Å². The summed E-state index contributed by atoms with van der Waals surface area (Å²) < 4.78 is 15.7.